The third-order valence-corrected chi connectivity index (χ3v) is 4.34. The summed E-state index contributed by atoms with van der Waals surface area (Å²) in [4.78, 5) is 23.9. The summed E-state index contributed by atoms with van der Waals surface area (Å²) < 4.78 is 5.35. The molecule has 2 aromatic rings. The maximum absolute atomic E-state index is 12.5. The van der Waals surface area contributed by atoms with Gasteiger partial charge < -0.3 is 9.84 Å². The Labute approximate surface area is 148 Å². The normalized spacial score (nSPS) is 10.8. The molecule has 0 atom stereocenters. The number of carboxylic acid groups (broad SMARTS) is 1. The Balaban J connectivity index is 1.97. The summed E-state index contributed by atoms with van der Waals surface area (Å²) in [6.07, 6.45) is 7.96. The lowest BCUT2D eigenvalue weighted by molar-refractivity contribution is 0.0490. The van der Waals surface area contributed by atoms with Crippen molar-refractivity contribution in [2.75, 3.05) is 6.61 Å². The highest BCUT2D eigenvalue weighted by Crippen LogP contribution is 2.24. The van der Waals surface area contributed by atoms with Crippen molar-refractivity contribution < 1.29 is 19.4 Å². The lowest BCUT2D eigenvalue weighted by Gasteiger charge is -2.10. The van der Waals surface area contributed by atoms with Gasteiger partial charge in [-0.1, -0.05) is 75.8 Å². The molecule has 0 unspecified atom stereocenters. The Kier molecular flexibility index (Phi) is 7.45. The molecule has 2 aromatic carbocycles. The second-order valence-electron chi connectivity index (χ2n) is 6.27. The van der Waals surface area contributed by atoms with Crippen molar-refractivity contribution in [3.05, 3.63) is 47.5 Å². The van der Waals surface area contributed by atoms with Crippen LogP contribution in [0.4, 0.5) is 0 Å². The zero-order valence-corrected chi connectivity index (χ0v) is 14.8. The Morgan fingerprint density at radius 3 is 2.32 bits per heavy atom. The molecule has 0 aliphatic rings. The van der Waals surface area contributed by atoms with E-state index in [2.05, 4.69) is 6.92 Å². The smallest absolute Gasteiger partial charge is 0.339 e. The Morgan fingerprint density at radius 2 is 1.60 bits per heavy atom. The number of benzene rings is 2. The van der Waals surface area contributed by atoms with E-state index < -0.39 is 11.9 Å². The van der Waals surface area contributed by atoms with Gasteiger partial charge in [0.05, 0.1) is 17.7 Å². The highest BCUT2D eigenvalue weighted by molar-refractivity contribution is 6.12. The summed E-state index contributed by atoms with van der Waals surface area (Å²) in [7, 11) is 0. The van der Waals surface area contributed by atoms with Gasteiger partial charge in [-0.2, -0.15) is 0 Å². The van der Waals surface area contributed by atoms with Crippen LogP contribution >= 0.6 is 0 Å². The number of ether oxygens (including phenoxy) is 1. The third-order valence-electron chi connectivity index (χ3n) is 4.34. The lowest BCUT2D eigenvalue weighted by Crippen LogP contribution is -2.13. The van der Waals surface area contributed by atoms with E-state index in [4.69, 9.17) is 4.74 Å². The maximum atomic E-state index is 12.5. The molecule has 2 rings (SSSR count). The van der Waals surface area contributed by atoms with Gasteiger partial charge in [-0.15, -0.1) is 0 Å². The third kappa shape index (κ3) is 5.31. The van der Waals surface area contributed by atoms with E-state index in [1.165, 1.54) is 31.7 Å². The minimum atomic E-state index is -1.12. The fourth-order valence-corrected chi connectivity index (χ4v) is 2.97. The first kappa shape index (κ1) is 19.0. The number of unbranched alkanes of at least 4 members (excludes halogenated alkanes) is 6. The molecule has 0 bridgehead atoms. The van der Waals surface area contributed by atoms with Crippen LogP contribution in [0, 0.1) is 0 Å². The van der Waals surface area contributed by atoms with Crippen LogP contribution in [0.15, 0.2) is 36.4 Å². The molecular formula is C21H26O4. The van der Waals surface area contributed by atoms with Crippen molar-refractivity contribution in [1.82, 2.24) is 0 Å². The summed E-state index contributed by atoms with van der Waals surface area (Å²) in [5.74, 6) is -1.67. The van der Waals surface area contributed by atoms with Crippen LogP contribution in [-0.2, 0) is 4.74 Å². The number of rotatable bonds is 10. The largest absolute Gasteiger partial charge is 0.478 e. The quantitative estimate of drug-likeness (QED) is 0.461. The van der Waals surface area contributed by atoms with Crippen LogP contribution in [0.25, 0.3) is 10.8 Å². The molecule has 0 aromatic heterocycles. The topological polar surface area (TPSA) is 63.6 Å². The molecule has 0 spiro atoms. The van der Waals surface area contributed by atoms with Crippen molar-refractivity contribution in [3.8, 4) is 0 Å². The van der Waals surface area contributed by atoms with Crippen LogP contribution in [0.5, 0.6) is 0 Å². The number of carbonyl (C=O) groups excluding carboxylic acids is 1. The summed E-state index contributed by atoms with van der Waals surface area (Å²) in [6.45, 7) is 2.52. The number of carboxylic acids is 1. The monoisotopic (exact) mass is 342 g/mol. The molecule has 0 saturated carbocycles. The van der Waals surface area contributed by atoms with Crippen molar-refractivity contribution >= 4 is 22.7 Å². The lowest BCUT2D eigenvalue weighted by atomic mass is 9.99. The van der Waals surface area contributed by atoms with E-state index in [1.54, 1.807) is 18.2 Å². The number of fused-ring (bicyclic) bond motifs is 1. The standard InChI is InChI=1S/C21H26O4/c1-2-3-4-5-6-7-10-15-25-21(24)19-17-12-9-8-11-16(17)13-14-18(19)20(22)23/h8-9,11-14H,2-7,10,15H2,1H3,(H,22,23). The zero-order chi connectivity index (χ0) is 18.1. The molecule has 0 aliphatic heterocycles. The molecule has 1 N–H and O–H groups in total. The average molecular weight is 342 g/mol. The van der Waals surface area contributed by atoms with Gasteiger partial charge in [0, 0.05) is 0 Å². The van der Waals surface area contributed by atoms with E-state index in [0.717, 1.165) is 24.6 Å². The Bertz CT molecular complexity index is 721. The van der Waals surface area contributed by atoms with E-state index in [-0.39, 0.29) is 11.1 Å². The van der Waals surface area contributed by atoms with Crippen molar-refractivity contribution in [3.63, 3.8) is 0 Å². The van der Waals surface area contributed by atoms with Gasteiger partial charge in [-0.05, 0) is 23.3 Å². The maximum Gasteiger partial charge on any atom is 0.339 e. The fourth-order valence-electron chi connectivity index (χ4n) is 2.97. The number of carbonyl (C=O) groups is 2. The zero-order valence-electron chi connectivity index (χ0n) is 14.8. The minimum absolute atomic E-state index is 0.0109. The average Bonchev–Trinajstić information content (AvgIpc) is 2.62. The molecule has 0 amide bonds. The van der Waals surface area contributed by atoms with Gasteiger partial charge in [0.2, 0.25) is 0 Å². The molecule has 4 heteroatoms. The highest BCUT2D eigenvalue weighted by atomic mass is 16.5. The molecule has 0 radical (unpaired) electrons. The minimum Gasteiger partial charge on any atom is -0.478 e. The molecule has 0 aliphatic carbocycles. The number of hydrogen-bond donors (Lipinski definition) is 1. The predicted octanol–water partition coefficient (Wildman–Crippen LogP) is 5.45. The highest BCUT2D eigenvalue weighted by Gasteiger charge is 2.20. The first-order valence-electron chi connectivity index (χ1n) is 9.07. The second kappa shape index (κ2) is 9.82. The number of aromatic carboxylic acids is 1. The molecule has 0 saturated heterocycles. The first-order chi connectivity index (χ1) is 12.1. The van der Waals surface area contributed by atoms with E-state index in [9.17, 15) is 14.7 Å². The Hall–Kier alpha value is -2.36. The molecule has 0 fully saturated rings. The van der Waals surface area contributed by atoms with Crippen LogP contribution in [0.3, 0.4) is 0 Å². The molecular weight excluding hydrogens is 316 g/mol. The van der Waals surface area contributed by atoms with Crippen LogP contribution in [0.1, 0.15) is 72.6 Å². The van der Waals surface area contributed by atoms with Gasteiger partial charge in [-0.25, -0.2) is 9.59 Å². The number of esters is 1. The van der Waals surface area contributed by atoms with Crippen molar-refractivity contribution in [2.45, 2.75) is 51.9 Å². The number of hydrogen-bond acceptors (Lipinski definition) is 3. The fraction of sp³-hybridized carbons (Fsp3) is 0.429. The van der Waals surface area contributed by atoms with E-state index >= 15 is 0 Å². The van der Waals surface area contributed by atoms with Gasteiger partial charge in [0.15, 0.2) is 0 Å². The molecule has 134 valence electrons. The molecule has 25 heavy (non-hydrogen) atoms. The second-order valence-corrected chi connectivity index (χ2v) is 6.27. The summed E-state index contributed by atoms with van der Waals surface area (Å²) >= 11 is 0. The van der Waals surface area contributed by atoms with Crippen molar-refractivity contribution in [2.24, 2.45) is 0 Å². The summed E-state index contributed by atoms with van der Waals surface area (Å²) in [6, 6.07) is 10.4. The van der Waals surface area contributed by atoms with E-state index in [0.29, 0.717) is 12.0 Å². The molecule has 4 nitrogen and oxygen atoms in total. The van der Waals surface area contributed by atoms with Gasteiger partial charge in [0.1, 0.15) is 0 Å². The Morgan fingerprint density at radius 1 is 0.920 bits per heavy atom. The van der Waals surface area contributed by atoms with Gasteiger partial charge in [0.25, 0.3) is 0 Å². The van der Waals surface area contributed by atoms with Gasteiger partial charge >= 0.3 is 11.9 Å². The van der Waals surface area contributed by atoms with Crippen LogP contribution in [-0.4, -0.2) is 23.7 Å². The SMILES string of the molecule is CCCCCCCCCOC(=O)c1c(C(=O)O)ccc2ccccc12. The summed E-state index contributed by atoms with van der Waals surface area (Å²) in [5, 5.41) is 10.8. The van der Waals surface area contributed by atoms with Crippen LogP contribution in [0.2, 0.25) is 0 Å². The summed E-state index contributed by atoms with van der Waals surface area (Å²) in [5.41, 5.74) is 0.136. The van der Waals surface area contributed by atoms with Crippen LogP contribution < -0.4 is 0 Å². The van der Waals surface area contributed by atoms with E-state index in [1.807, 2.05) is 12.1 Å². The molecule has 0 heterocycles. The predicted molar refractivity (Wildman–Crippen MR) is 99.2 cm³/mol. The first-order valence-corrected chi connectivity index (χ1v) is 9.07. The van der Waals surface area contributed by atoms with Crippen molar-refractivity contribution in [1.29, 1.82) is 0 Å². The van der Waals surface area contributed by atoms with Gasteiger partial charge in [-0.3, -0.25) is 0 Å².